The molecule has 3 N–H and O–H groups in total. The maximum Gasteiger partial charge on any atom is 0.275 e. The molecule has 1 amide bonds. The third-order valence-electron chi connectivity index (χ3n) is 4.55. The number of amides is 1. The zero-order chi connectivity index (χ0) is 18.7. The van der Waals surface area contributed by atoms with E-state index in [1.54, 1.807) is 6.07 Å². The lowest BCUT2D eigenvalue weighted by atomic mass is 9.82. The maximum absolute atomic E-state index is 12.4. The highest BCUT2D eigenvalue weighted by molar-refractivity contribution is 5.77. The summed E-state index contributed by atoms with van der Waals surface area (Å²) in [6.07, 6.45) is 0.947. The van der Waals surface area contributed by atoms with Crippen molar-refractivity contribution in [3.8, 4) is 5.75 Å². The van der Waals surface area contributed by atoms with Crippen molar-refractivity contribution in [1.29, 1.82) is 0 Å². The normalized spacial score (nSPS) is 16.8. The van der Waals surface area contributed by atoms with Crippen LogP contribution in [0.3, 0.4) is 0 Å². The number of hydrogen-bond acceptors (Lipinski definition) is 3. The monoisotopic (exact) mass is 348 g/mol. The fraction of sp³-hybridized carbons (Fsp3) is 0.650. The number of nitrogens with zero attached hydrogens (tertiary/aromatic N) is 1. The highest BCUT2D eigenvalue weighted by Crippen LogP contribution is 2.27. The van der Waals surface area contributed by atoms with Crippen molar-refractivity contribution in [2.45, 2.75) is 46.6 Å². The Hall–Kier alpha value is -1.75. The number of carbonyl (C=O) groups excluding carboxylic acids is 1. The first-order chi connectivity index (χ1) is 11.6. The zero-order valence-corrected chi connectivity index (χ0v) is 16.4. The summed E-state index contributed by atoms with van der Waals surface area (Å²) in [6.45, 7) is 14.8. The van der Waals surface area contributed by atoms with Crippen molar-refractivity contribution < 1.29 is 14.8 Å². The highest BCUT2D eigenvalue weighted by atomic mass is 16.3. The topological polar surface area (TPSA) is 57.0 Å². The van der Waals surface area contributed by atoms with Gasteiger partial charge in [0, 0.05) is 5.54 Å². The van der Waals surface area contributed by atoms with Crippen LogP contribution in [0.25, 0.3) is 0 Å². The smallest absolute Gasteiger partial charge is 0.275 e. The number of rotatable bonds is 5. The zero-order valence-electron chi connectivity index (χ0n) is 16.4. The van der Waals surface area contributed by atoms with E-state index >= 15 is 0 Å². The molecule has 0 atom stereocenters. The molecule has 140 valence electrons. The molecule has 1 fully saturated rings. The number of benzene rings is 1. The first-order valence-electron chi connectivity index (χ1n) is 9.23. The number of hydrogen-bond donors (Lipinski definition) is 3. The number of quaternary nitrogens is 1. The molecule has 25 heavy (non-hydrogen) atoms. The van der Waals surface area contributed by atoms with Crippen molar-refractivity contribution in [3.63, 3.8) is 0 Å². The predicted octanol–water partition coefficient (Wildman–Crippen LogP) is 1.43. The van der Waals surface area contributed by atoms with Crippen LogP contribution in [-0.2, 0) is 4.79 Å². The second-order valence-electron chi connectivity index (χ2n) is 9.07. The molecule has 1 aliphatic rings. The molecule has 0 unspecified atom stereocenters. The number of phenols is 1. The molecule has 1 aliphatic heterocycles. The minimum absolute atomic E-state index is 0.125. The highest BCUT2D eigenvalue weighted by Gasteiger charge is 2.29. The van der Waals surface area contributed by atoms with Crippen LogP contribution in [0.1, 0.15) is 41.0 Å². The van der Waals surface area contributed by atoms with Crippen LogP contribution in [0.2, 0.25) is 0 Å². The molecule has 0 aliphatic carbocycles. The summed E-state index contributed by atoms with van der Waals surface area (Å²) < 4.78 is 0. The third-order valence-corrected chi connectivity index (χ3v) is 4.55. The second kappa shape index (κ2) is 7.65. The average molecular weight is 349 g/mol. The standard InChI is InChI=1S/C20H33N3O2/c1-19(2,3)15-20(4,5)21-18(25)14-22-10-12-23(13-11-22)16-8-6-7-9-17(16)24/h6-9,24H,10-15H2,1-5H3,(H,21,25)/p+1. The van der Waals surface area contributed by atoms with Crippen LogP contribution in [0.4, 0.5) is 5.69 Å². The maximum atomic E-state index is 12.4. The lowest BCUT2D eigenvalue weighted by molar-refractivity contribution is -0.892. The molecule has 0 saturated carbocycles. The number of carbonyl (C=O) groups is 1. The van der Waals surface area contributed by atoms with Crippen LogP contribution < -0.4 is 15.1 Å². The van der Waals surface area contributed by atoms with Gasteiger partial charge in [-0.3, -0.25) is 4.79 Å². The molecule has 0 spiro atoms. The lowest BCUT2D eigenvalue weighted by Gasteiger charge is -2.35. The molecule has 1 saturated heterocycles. The van der Waals surface area contributed by atoms with Crippen molar-refractivity contribution in [1.82, 2.24) is 5.32 Å². The molecular weight excluding hydrogens is 314 g/mol. The summed E-state index contributed by atoms with van der Waals surface area (Å²) in [5.74, 6) is 0.452. The number of nitrogens with one attached hydrogen (secondary N) is 2. The number of aromatic hydroxyl groups is 1. The Bertz CT molecular complexity index is 585. The van der Waals surface area contributed by atoms with E-state index in [4.69, 9.17) is 0 Å². The number of piperazine rings is 1. The Labute approximate surface area is 152 Å². The van der Waals surface area contributed by atoms with Gasteiger partial charge in [-0.05, 0) is 37.8 Å². The molecule has 2 rings (SSSR count). The van der Waals surface area contributed by atoms with Crippen LogP contribution in [0, 0.1) is 5.41 Å². The van der Waals surface area contributed by atoms with Crippen molar-refractivity contribution in [2.75, 3.05) is 37.6 Å². The van der Waals surface area contributed by atoms with Gasteiger partial charge in [-0.1, -0.05) is 32.9 Å². The van der Waals surface area contributed by atoms with Crippen molar-refractivity contribution >= 4 is 11.6 Å². The van der Waals surface area contributed by atoms with E-state index < -0.39 is 0 Å². The fourth-order valence-electron chi connectivity index (χ4n) is 3.99. The summed E-state index contributed by atoms with van der Waals surface area (Å²) in [6, 6.07) is 7.45. The van der Waals surface area contributed by atoms with E-state index in [0.29, 0.717) is 12.3 Å². The van der Waals surface area contributed by atoms with E-state index in [2.05, 4.69) is 44.8 Å². The molecule has 0 bridgehead atoms. The van der Waals surface area contributed by atoms with Crippen molar-refractivity contribution in [3.05, 3.63) is 24.3 Å². The SMILES string of the molecule is CC(C)(C)CC(C)(C)NC(=O)C[NH+]1CCN(c2ccccc2O)CC1. The molecule has 1 aromatic carbocycles. The Morgan fingerprint density at radius 3 is 2.32 bits per heavy atom. The van der Waals surface area contributed by atoms with Gasteiger partial charge < -0.3 is 20.2 Å². The predicted molar refractivity (Wildman–Crippen MR) is 102 cm³/mol. The first-order valence-corrected chi connectivity index (χ1v) is 9.23. The van der Waals surface area contributed by atoms with Crippen LogP contribution in [0.5, 0.6) is 5.75 Å². The van der Waals surface area contributed by atoms with E-state index in [1.807, 2.05) is 18.2 Å². The minimum atomic E-state index is -0.188. The van der Waals surface area contributed by atoms with Gasteiger partial charge in [0.2, 0.25) is 0 Å². The number of phenolic OH excluding ortho intramolecular Hbond substituents is 1. The summed E-state index contributed by atoms with van der Waals surface area (Å²) in [4.78, 5) is 15.9. The Morgan fingerprint density at radius 2 is 1.76 bits per heavy atom. The van der Waals surface area contributed by atoms with E-state index in [-0.39, 0.29) is 16.9 Å². The van der Waals surface area contributed by atoms with Crippen molar-refractivity contribution in [2.24, 2.45) is 5.41 Å². The molecule has 0 radical (unpaired) electrons. The van der Waals surface area contributed by atoms with Gasteiger partial charge in [0.25, 0.3) is 5.91 Å². The van der Waals surface area contributed by atoms with Gasteiger partial charge >= 0.3 is 0 Å². The lowest BCUT2D eigenvalue weighted by Crippen LogP contribution is -3.16. The molecule has 5 nitrogen and oxygen atoms in total. The molecular formula is C20H34N3O2+. The molecule has 1 heterocycles. The molecule has 0 aromatic heterocycles. The summed E-state index contributed by atoms with van der Waals surface area (Å²) in [7, 11) is 0. The fourth-order valence-corrected chi connectivity index (χ4v) is 3.99. The second-order valence-corrected chi connectivity index (χ2v) is 9.07. The van der Waals surface area contributed by atoms with Gasteiger partial charge in [0.05, 0.1) is 31.9 Å². The van der Waals surface area contributed by atoms with E-state index in [0.717, 1.165) is 38.3 Å². The van der Waals surface area contributed by atoms with Gasteiger partial charge in [-0.25, -0.2) is 0 Å². The van der Waals surface area contributed by atoms with Crippen LogP contribution in [0.15, 0.2) is 24.3 Å². The van der Waals surface area contributed by atoms with Gasteiger partial charge in [0.1, 0.15) is 5.75 Å². The Balaban J connectivity index is 1.82. The minimum Gasteiger partial charge on any atom is -0.506 e. The summed E-state index contributed by atoms with van der Waals surface area (Å²) in [5, 5.41) is 13.2. The first kappa shape index (κ1) is 19.6. The van der Waals surface area contributed by atoms with Crippen LogP contribution >= 0.6 is 0 Å². The largest absolute Gasteiger partial charge is 0.506 e. The summed E-state index contributed by atoms with van der Waals surface area (Å²) in [5.41, 5.74) is 0.886. The number of anilines is 1. The van der Waals surface area contributed by atoms with Gasteiger partial charge in [-0.15, -0.1) is 0 Å². The van der Waals surface area contributed by atoms with E-state index in [9.17, 15) is 9.90 Å². The van der Waals surface area contributed by atoms with E-state index in [1.165, 1.54) is 4.90 Å². The Morgan fingerprint density at radius 1 is 1.16 bits per heavy atom. The summed E-state index contributed by atoms with van der Waals surface area (Å²) >= 11 is 0. The van der Waals surface area contributed by atoms with Gasteiger partial charge in [0.15, 0.2) is 6.54 Å². The number of para-hydroxylation sites is 2. The van der Waals surface area contributed by atoms with Crippen LogP contribution in [-0.4, -0.2) is 49.3 Å². The molecule has 1 aromatic rings. The average Bonchev–Trinajstić information content (AvgIpc) is 2.45. The quantitative estimate of drug-likeness (QED) is 0.754. The molecule has 5 heteroatoms. The third kappa shape index (κ3) is 6.24. The Kier molecular flexibility index (Phi) is 5.99. The van der Waals surface area contributed by atoms with Gasteiger partial charge in [-0.2, -0.15) is 0 Å².